The predicted octanol–water partition coefficient (Wildman–Crippen LogP) is 1.02. The lowest BCUT2D eigenvalue weighted by atomic mass is 9.92. The maximum Gasteiger partial charge on any atom is 0.325 e. The summed E-state index contributed by atoms with van der Waals surface area (Å²) in [6, 6.07) is 9.94. The summed E-state index contributed by atoms with van der Waals surface area (Å²) in [6.45, 7) is 2.01. The quantitative estimate of drug-likeness (QED) is 0.312. The first kappa shape index (κ1) is 25.2. The van der Waals surface area contributed by atoms with Crippen molar-refractivity contribution in [2.45, 2.75) is 17.4 Å². The van der Waals surface area contributed by atoms with E-state index in [1.165, 1.54) is 59.8 Å². The third-order valence-electron chi connectivity index (χ3n) is 5.98. The van der Waals surface area contributed by atoms with Gasteiger partial charge in [0.1, 0.15) is 12.1 Å². The number of sulfonamides is 1. The molecule has 4 rings (SSSR count). The average Bonchev–Trinajstić information content (AvgIpc) is 3.08. The van der Waals surface area contributed by atoms with E-state index >= 15 is 0 Å². The number of hydrogen-bond donors (Lipinski definition) is 2. The number of nitro groups is 1. The number of rotatable bonds is 7. The normalized spacial score (nSPS) is 20.8. The molecule has 1 atom stereocenters. The van der Waals surface area contributed by atoms with E-state index < -0.39 is 44.9 Å². The van der Waals surface area contributed by atoms with E-state index in [4.69, 9.17) is 4.74 Å². The van der Waals surface area contributed by atoms with Gasteiger partial charge < -0.3 is 15.4 Å². The molecule has 190 valence electrons. The van der Waals surface area contributed by atoms with Gasteiger partial charge in [0, 0.05) is 30.9 Å². The van der Waals surface area contributed by atoms with Gasteiger partial charge in [-0.3, -0.25) is 24.6 Å². The number of nitrogens with zero attached hydrogens (tertiary/aromatic N) is 3. The molecule has 2 saturated heterocycles. The lowest BCUT2D eigenvalue weighted by molar-refractivity contribution is -0.384. The number of amides is 4. The zero-order valence-electron chi connectivity index (χ0n) is 19.2. The van der Waals surface area contributed by atoms with E-state index in [2.05, 4.69) is 10.6 Å². The lowest BCUT2D eigenvalue weighted by Crippen LogP contribution is -2.42. The zero-order valence-corrected chi connectivity index (χ0v) is 20.0. The van der Waals surface area contributed by atoms with Gasteiger partial charge in [-0.1, -0.05) is 0 Å². The number of carbonyl (C=O) groups excluding carboxylic acids is 3. The monoisotopic (exact) mass is 517 g/mol. The number of hydrogen-bond acceptors (Lipinski definition) is 8. The Morgan fingerprint density at radius 2 is 1.72 bits per heavy atom. The molecule has 0 saturated carbocycles. The van der Waals surface area contributed by atoms with Crippen LogP contribution < -0.4 is 10.6 Å². The molecule has 0 spiro atoms. The highest BCUT2D eigenvalue weighted by Gasteiger charge is 2.49. The molecule has 2 heterocycles. The van der Waals surface area contributed by atoms with E-state index in [1.807, 2.05) is 0 Å². The number of benzene rings is 2. The highest BCUT2D eigenvalue weighted by molar-refractivity contribution is 7.89. The zero-order chi connectivity index (χ0) is 26.1. The van der Waals surface area contributed by atoms with Crippen LogP contribution in [0.5, 0.6) is 0 Å². The third-order valence-corrected chi connectivity index (χ3v) is 7.89. The molecule has 0 aromatic heterocycles. The molecule has 14 heteroatoms. The minimum Gasteiger partial charge on any atom is -0.379 e. The number of imide groups is 1. The standard InChI is InChI=1S/C22H23N5O8S/c1-22(15-2-6-17(7-3-15)27(31)32)20(29)26(21(30)24-22)14-19(28)23-16-4-8-18(9-5-16)36(33,34)25-10-12-35-13-11-25/h2-9H,10-14H2,1H3,(H,23,28)(H,24,30)/t22-/m0/s1. The van der Waals surface area contributed by atoms with E-state index in [0.29, 0.717) is 18.8 Å². The summed E-state index contributed by atoms with van der Waals surface area (Å²) in [4.78, 5) is 49.1. The lowest BCUT2D eigenvalue weighted by Gasteiger charge is -2.26. The second kappa shape index (κ2) is 9.64. The molecule has 2 N–H and O–H groups in total. The topological polar surface area (TPSA) is 168 Å². The summed E-state index contributed by atoms with van der Waals surface area (Å²) in [6.07, 6.45) is 0. The van der Waals surface area contributed by atoms with Crippen molar-refractivity contribution < 1.29 is 32.5 Å². The maximum absolute atomic E-state index is 13.0. The fourth-order valence-corrected chi connectivity index (χ4v) is 5.35. The van der Waals surface area contributed by atoms with Gasteiger partial charge in [0.2, 0.25) is 15.9 Å². The van der Waals surface area contributed by atoms with Crippen LogP contribution in [0.3, 0.4) is 0 Å². The number of ether oxygens (including phenoxy) is 1. The molecule has 2 aliphatic rings. The number of urea groups is 1. The van der Waals surface area contributed by atoms with E-state index in [0.717, 1.165) is 4.90 Å². The second-order valence-corrected chi connectivity index (χ2v) is 10.3. The summed E-state index contributed by atoms with van der Waals surface area (Å²) in [5.41, 5.74) is -1.06. The van der Waals surface area contributed by atoms with Crippen LogP contribution in [-0.2, 0) is 29.9 Å². The Labute approximate surface area is 206 Å². The van der Waals surface area contributed by atoms with Crippen LogP contribution in [0.1, 0.15) is 12.5 Å². The summed E-state index contributed by atoms with van der Waals surface area (Å²) in [7, 11) is -3.69. The maximum atomic E-state index is 13.0. The summed E-state index contributed by atoms with van der Waals surface area (Å²) < 4.78 is 31.9. The molecule has 4 amide bonds. The van der Waals surface area contributed by atoms with Crippen molar-refractivity contribution in [1.29, 1.82) is 0 Å². The fourth-order valence-electron chi connectivity index (χ4n) is 3.94. The first-order chi connectivity index (χ1) is 17.0. The van der Waals surface area contributed by atoms with E-state index in [9.17, 15) is 32.9 Å². The van der Waals surface area contributed by atoms with E-state index in [1.54, 1.807) is 0 Å². The van der Waals surface area contributed by atoms with Gasteiger partial charge in [0.15, 0.2) is 0 Å². The molecule has 0 bridgehead atoms. The Bertz CT molecular complexity index is 1310. The van der Waals surface area contributed by atoms with Gasteiger partial charge in [-0.2, -0.15) is 4.31 Å². The average molecular weight is 518 g/mol. The van der Waals surface area contributed by atoms with Crippen molar-refractivity contribution >= 4 is 39.2 Å². The van der Waals surface area contributed by atoms with Gasteiger partial charge in [-0.15, -0.1) is 0 Å². The smallest absolute Gasteiger partial charge is 0.325 e. The molecule has 36 heavy (non-hydrogen) atoms. The highest BCUT2D eigenvalue weighted by Crippen LogP contribution is 2.30. The minimum atomic E-state index is -3.69. The number of nitro benzene ring substituents is 1. The van der Waals surface area contributed by atoms with Crippen LogP contribution in [0.4, 0.5) is 16.2 Å². The number of nitrogens with one attached hydrogen (secondary N) is 2. The van der Waals surface area contributed by atoms with Crippen molar-refractivity contribution in [3.63, 3.8) is 0 Å². The van der Waals surface area contributed by atoms with Gasteiger partial charge in [-0.05, 0) is 48.9 Å². The number of non-ortho nitro benzene ring substituents is 1. The molecule has 2 aromatic carbocycles. The highest BCUT2D eigenvalue weighted by atomic mass is 32.2. The largest absolute Gasteiger partial charge is 0.379 e. The van der Waals surface area contributed by atoms with Crippen LogP contribution in [0.15, 0.2) is 53.4 Å². The molecule has 0 aliphatic carbocycles. The van der Waals surface area contributed by atoms with Crippen LogP contribution in [-0.4, -0.2) is 73.2 Å². The summed E-state index contributed by atoms with van der Waals surface area (Å²) >= 11 is 0. The van der Waals surface area contributed by atoms with Gasteiger partial charge in [0.25, 0.3) is 11.6 Å². The Morgan fingerprint density at radius 3 is 2.31 bits per heavy atom. The molecule has 2 aliphatic heterocycles. The molecule has 13 nitrogen and oxygen atoms in total. The number of morpholine rings is 1. The Balaban J connectivity index is 1.41. The van der Waals surface area contributed by atoms with Crippen LogP contribution in [0, 0.1) is 10.1 Å². The third kappa shape index (κ3) is 4.78. The van der Waals surface area contributed by atoms with Crippen LogP contribution >= 0.6 is 0 Å². The fraction of sp³-hybridized carbons (Fsp3) is 0.318. The summed E-state index contributed by atoms with van der Waals surface area (Å²) in [5.74, 6) is -1.36. The van der Waals surface area contributed by atoms with E-state index in [-0.39, 0.29) is 29.4 Å². The van der Waals surface area contributed by atoms with Gasteiger partial charge >= 0.3 is 6.03 Å². The first-order valence-electron chi connectivity index (χ1n) is 10.9. The molecule has 0 unspecified atom stereocenters. The van der Waals surface area contributed by atoms with Gasteiger partial charge in [0.05, 0.1) is 23.0 Å². The molecule has 0 radical (unpaired) electrons. The first-order valence-corrected chi connectivity index (χ1v) is 12.3. The summed E-state index contributed by atoms with van der Waals surface area (Å²) in [5, 5.41) is 15.9. The molecular formula is C22H23N5O8S. The van der Waals surface area contributed by atoms with Crippen molar-refractivity contribution in [3.05, 3.63) is 64.2 Å². The molecular weight excluding hydrogens is 494 g/mol. The van der Waals surface area contributed by atoms with Crippen LogP contribution in [0.25, 0.3) is 0 Å². The number of anilines is 1. The Hall–Kier alpha value is -3.88. The Kier molecular flexibility index (Phi) is 6.75. The van der Waals surface area contributed by atoms with Crippen molar-refractivity contribution in [1.82, 2.24) is 14.5 Å². The van der Waals surface area contributed by atoms with Crippen molar-refractivity contribution in [3.8, 4) is 0 Å². The minimum absolute atomic E-state index is 0.0651. The number of carbonyl (C=O) groups is 3. The van der Waals surface area contributed by atoms with Crippen molar-refractivity contribution in [2.24, 2.45) is 0 Å². The molecule has 2 fully saturated rings. The van der Waals surface area contributed by atoms with Gasteiger partial charge in [-0.25, -0.2) is 13.2 Å². The SMILES string of the molecule is C[C@@]1(c2ccc([N+](=O)[O-])cc2)NC(=O)N(CC(=O)Nc2ccc(S(=O)(=O)N3CCOCC3)cc2)C1=O. The second-order valence-electron chi connectivity index (χ2n) is 8.34. The van der Waals surface area contributed by atoms with Crippen LogP contribution in [0.2, 0.25) is 0 Å². The Morgan fingerprint density at radius 1 is 1.11 bits per heavy atom. The van der Waals surface area contributed by atoms with Crippen molar-refractivity contribution in [2.75, 3.05) is 38.2 Å². The molecule has 2 aromatic rings. The predicted molar refractivity (Wildman–Crippen MR) is 125 cm³/mol.